The molecule has 0 saturated heterocycles. The summed E-state index contributed by atoms with van der Waals surface area (Å²) in [6, 6.07) is 10.6. The molecule has 0 aliphatic rings. The third-order valence-electron chi connectivity index (χ3n) is 2.17. The largest absolute Gasteiger partial charge is 0.330 e. The Hall–Kier alpha value is -0.820. The molecule has 0 amide bonds. The fourth-order valence-electron chi connectivity index (χ4n) is 1.18. The number of nitrogens with two attached hydrogens (primary N) is 1. The van der Waals surface area contributed by atoms with Gasteiger partial charge in [-0.05, 0) is 30.9 Å². The van der Waals surface area contributed by atoms with Gasteiger partial charge in [-0.2, -0.15) is 0 Å². The molecule has 0 aliphatic carbocycles. The number of benzene rings is 1. The first kappa shape index (κ1) is 9.27. The molecule has 1 atom stereocenters. The molecule has 1 aromatic rings. The van der Waals surface area contributed by atoms with Crippen LogP contribution >= 0.6 is 0 Å². The molecule has 1 rings (SSSR count). The van der Waals surface area contributed by atoms with Crippen LogP contribution in [-0.2, 0) is 6.42 Å². The minimum absolute atomic E-state index is 0.644. The van der Waals surface area contributed by atoms with Gasteiger partial charge in [-0.15, -0.1) is 0 Å². The molecular weight excluding hydrogens is 146 g/mol. The first-order valence-corrected chi connectivity index (χ1v) is 4.57. The lowest BCUT2D eigenvalue weighted by Crippen LogP contribution is -2.11. The maximum Gasteiger partial charge on any atom is -0.00514 e. The van der Waals surface area contributed by atoms with E-state index in [2.05, 4.69) is 37.3 Å². The van der Waals surface area contributed by atoms with Crippen LogP contribution in [0.5, 0.6) is 0 Å². The van der Waals surface area contributed by atoms with Gasteiger partial charge >= 0.3 is 0 Å². The standard InChI is InChI=1S/C11H17N/c1-10(9-12)7-8-11-5-3-2-4-6-11/h2-6,10H,7-9,12H2,1H3/t10-/m0/s1. The fraction of sp³-hybridized carbons (Fsp3) is 0.455. The zero-order valence-corrected chi connectivity index (χ0v) is 7.66. The average molecular weight is 163 g/mol. The SMILES string of the molecule is C[C@H](CN)CCc1ccccc1. The molecule has 0 aromatic heterocycles. The van der Waals surface area contributed by atoms with Gasteiger partial charge in [0.25, 0.3) is 0 Å². The first-order chi connectivity index (χ1) is 5.83. The van der Waals surface area contributed by atoms with Gasteiger partial charge in [0, 0.05) is 0 Å². The number of hydrogen-bond acceptors (Lipinski definition) is 1. The molecule has 0 aliphatic heterocycles. The first-order valence-electron chi connectivity index (χ1n) is 4.57. The van der Waals surface area contributed by atoms with E-state index < -0.39 is 0 Å². The zero-order valence-electron chi connectivity index (χ0n) is 7.66. The topological polar surface area (TPSA) is 26.0 Å². The Morgan fingerprint density at radius 1 is 1.25 bits per heavy atom. The van der Waals surface area contributed by atoms with Gasteiger partial charge in [-0.25, -0.2) is 0 Å². The van der Waals surface area contributed by atoms with E-state index in [1.807, 2.05) is 0 Å². The van der Waals surface area contributed by atoms with Crippen molar-refractivity contribution in [3.05, 3.63) is 35.9 Å². The molecule has 1 heteroatoms. The van der Waals surface area contributed by atoms with Crippen molar-refractivity contribution >= 4 is 0 Å². The molecular formula is C11H17N. The van der Waals surface area contributed by atoms with Gasteiger partial charge in [-0.1, -0.05) is 37.3 Å². The molecule has 2 N–H and O–H groups in total. The predicted molar refractivity (Wildman–Crippen MR) is 53.0 cm³/mol. The van der Waals surface area contributed by atoms with Gasteiger partial charge in [0.1, 0.15) is 0 Å². The van der Waals surface area contributed by atoms with E-state index in [-0.39, 0.29) is 0 Å². The van der Waals surface area contributed by atoms with Crippen molar-refractivity contribution in [1.29, 1.82) is 0 Å². The highest BCUT2D eigenvalue weighted by Crippen LogP contribution is 2.07. The summed E-state index contributed by atoms with van der Waals surface area (Å²) in [6.45, 7) is 3.00. The summed E-state index contributed by atoms with van der Waals surface area (Å²) >= 11 is 0. The maximum atomic E-state index is 5.54. The average Bonchev–Trinajstić information content (AvgIpc) is 2.16. The van der Waals surface area contributed by atoms with Crippen LogP contribution < -0.4 is 5.73 Å². The molecule has 1 nitrogen and oxygen atoms in total. The van der Waals surface area contributed by atoms with E-state index in [4.69, 9.17) is 5.73 Å². The Balaban J connectivity index is 2.33. The molecule has 12 heavy (non-hydrogen) atoms. The van der Waals surface area contributed by atoms with E-state index in [9.17, 15) is 0 Å². The van der Waals surface area contributed by atoms with E-state index in [1.165, 1.54) is 12.0 Å². The zero-order chi connectivity index (χ0) is 8.81. The molecule has 0 bridgehead atoms. The minimum atomic E-state index is 0.644. The second kappa shape index (κ2) is 4.94. The van der Waals surface area contributed by atoms with Crippen molar-refractivity contribution in [3.63, 3.8) is 0 Å². The lowest BCUT2D eigenvalue weighted by molar-refractivity contribution is 0.544. The molecule has 0 saturated carbocycles. The summed E-state index contributed by atoms with van der Waals surface area (Å²) in [7, 11) is 0. The highest BCUT2D eigenvalue weighted by atomic mass is 14.5. The van der Waals surface area contributed by atoms with Crippen LogP contribution in [0.2, 0.25) is 0 Å². The molecule has 0 heterocycles. The van der Waals surface area contributed by atoms with Crippen molar-refractivity contribution in [3.8, 4) is 0 Å². The van der Waals surface area contributed by atoms with Crippen LogP contribution in [-0.4, -0.2) is 6.54 Å². The molecule has 66 valence electrons. The Labute approximate surface area is 74.6 Å². The summed E-state index contributed by atoms with van der Waals surface area (Å²) in [5, 5.41) is 0. The van der Waals surface area contributed by atoms with Gasteiger partial charge < -0.3 is 5.73 Å². The normalized spacial score (nSPS) is 12.8. The van der Waals surface area contributed by atoms with Crippen LogP contribution in [0.4, 0.5) is 0 Å². The Morgan fingerprint density at radius 2 is 1.92 bits per heavy atom. The summed E-state index contributed by atoms with van der Waals surface area (Å²) in [5.74, 6) is 0.644. The van der Waals surface area contributed by atoms with Crippen LogP contribution in [0.3, 0.4) is 0 Å². The van der Waals surface area contributed by atoms with Gasteiger partial charge in [0.05, 0.1) is 0 Å². The summed E-state index contributed by atoms with van der Waals surface area (Å²) in [4.78, 5) is 0. The maximum absolute atomic E-state index is 5.54. The van der Waals surface area contributed by atoms with Crippen molar-refractivity contribution in [2.75, 3.05) is 6.54 Å². The van der Waals surface area contributed by atoms with E-state index in [1.54, 1.807) is 0 Å². The predicted octanol–water partition coefficient (Wildman–Crippen LogP) is 2.21. The second-order valence-electron chi connectivity index (χ2n) is 3.37. The molecule has 0 unspecified atom stereocenters. The lowest BCUT2D eigenvalue weighted by Gasteiger charge is -2.07. The van der Waals surface area contributed by atoms with Crippen molar-refractivity contribution < 1.29 is 0 Å². The van der Waals surface area contributed by atoms with Gasteiger partial charge in [0.2, 0.25) is 0 Å². The quantitative estimate of drug-likeness (QED) is 0.723. The highest BCUT2D eigenvalue weighted by Gasteiger charge is 1.98. The van der Waals surface area contributed by atoms with Gasteiger partial charge in [-0.3, -0.25) is 0 Å². The third kappa shape index (κ3) is 3.05. The van der Waals surface area contributed by atoms with E-state index in [0.29, 0.717) is 5.92 Å². The summed E-state index contributed by atoms with van der Waals surface area (Å²) in [6.07, 6.45) is 2.35. The van der Waals surface area contributed by atoms with Crippen LogP contribution in [0.25, 0.3) is 0 Å². The third-order valence-corrected chi connectivity index (χ3v) is 2.17. The monoisotopic (exact) mass is 163 g/mol. The number of rotatable bonds is 4. The summed E-state index contributed by atoms with van der Waals surface area (Å²) < 4.78 is 0. The highest BCUT2D eigenvalue weighted by molar-refractivity contribution is 5.14. The summed E-state index contributed by atoms with van der Waals surface area (Å²) in [5.41, 5.74) is 6.95. The van der Waals surface area contributed by atoms with Crippen molar-refractivity contribution in [2.24, 2.45) is 11.7 Å². The van der Waals surface area contributed by atoms with Crippen LogP contribution in [0.15, 0.2) is 30.3 Å². The second-order valence-corrected chi connectivity index (χ2v) is 3.37. The van der Waals surface area contributed by atoms with Crippen molar-refractivity contribution in [1.82, 2.24) is 0 Å². The fourth-order valence-corrected chi connectivity index (χ4v) is 1.18. The number of hydrogen-bond donors (Lipinski definition) is 1. The minimum Gasteiger partial charge on any atom is -0.330 e. The Bertz CT molecular complexity index is 206. The Morgan fingerprint density at radius 3 is 2.50 bits per heavy atom. The molecule has 0 spiro atoms. The van der Waals surface area contributed by atoms with E-state index >= 15 is 0 Å². The van der Waals surface area contributed by atoms with Crippen LogP contribution in [0, 0.1) is 5.92 Å². The smallest absolute Gasteiger partial charge is 0.00514 e. The van der Waals surface area contributed by atoms with E-state index in [0.717, 1.165) is 13.0 Å². The molecule has 0 radical (unpaired) electrons. The Kier molecular flexibility index (Phi) is 3.81. The number of aryl methyl sites for hydroxylation is 1. The molecule has 0 fully saturated rings. The van der Waals surface area contributed by atoms with Gasteiger partial charge in [0.15, 0.2) is 0 Å². The molecule has 1 aromatic carbocycles. The lowest BCUT2D eigenvalue weighted by atomic mass is 10.0. The van der Waals surface area contributed by atoms with Crippen LogP contribution in [0.1, 0.15) is 18.9 Å². The van der Waals surface area contributed by atoms with Crippen molar-refractivity contribution in [2.45, 2.75) is 19.8 Å².